The van der Waals surface area contributed by atoms with Gasteiger partial charge in [-0.05, 0) is 42.0 Å². The molecule has 0 saturated carbocycles. The molecule has 1 fully saturated rings. The van der Waals surface area contributed by atoms with E-state index in [1.54, 1.807) is 18.2 Å². The number of benzene rings is 2. The van der Waals surface area contributed by atoms with Gasteiger partial charge in [0.1, 0.15) is 18.1 Å². The number of hydrogen-bond donors (Lipinski definition) is 0. The first-order valence-corrected chi connectivity index (χ1v) is 10.8. The Morgan fingerprint density at radius 3 is 2.61 bits per heavy atom. The lowest BCUT2D eigenvalue weighted by atomic mass is 10.1. The normalized spacial score (nSPS) is 15.7. The molecule has 0 unspecified atom stereocenters. The second-order valence-corrected chi connectivity index (χ2v) is 8.03. The van der Waals surface area contributed by atoms with Gasteiger partial charge in [-0.3, -0.25) is 9.69 Å². The highest BCUT2D eigenvalue weighted by Gasteiger charge is 2.22. The van der Waals surface area contributed by atoms with E-state index in [0.717, 1.165) is 42.3 Å². The average Bonchev–Trinajstić information content (AvgIpc) is 3.49. The van der Waals surface area contributed by atoms with E-state index in [-0.39, 0.29) is 31.7 Å². The van der Waals surface area contributed by atoms with Crippen LogP contribution in [0.15, 0.2) is 53.1 Å². The van der Waals surface area contributed by atoms with E-state index in [4.69, 9.17) is 18.7 Å². The Labute approximate surface area is 190 Å². The summed E-state index contributed by atoms with van der Waals surface area (Å²) in [5.74, 6) is 1.74. The lowest BCUT2D eigenvalue weighted by Crippen LogP contribution is -2.49. The minimum atomic E-state index is -0.311. The molecule has 3 heterocycles. The zero-order chi connectivity index (χ0) is 22.6. The van der Waals surface area contributed by atoms with Gasteiger partial charge in [0.2, 0.25) is 12.7 Å². The van der Waals surface area contributed by atoms with E-state index in [1.807, 2.05) is 23.1 Å². The van der Waals surface area contributed by atoms with E-state index in [9.17, 15) is 9.18 Å². The van der Waals surface area contributed by atoms with Gasteiger partial charge in [-0.25, -0.2) is 4.39 Å². The van der Waals surface area contributed by atoms with Gasteiger partial charge in [-0.1, -0.05) is 11.2 Å². The monoisotopic (exact) mass is 453 g/mol. The van der Waals surface area contributed by atoms with Gasteiger partial charge in [0.25, 0.3) is 0 Å². The summed E-state index contributed by atoms with van der Waals surface area (Å²) in [4.78, 5) is 16.6. The first-order chi connectivity index (χ1) is 16.1. The van der Waals surface area contributed by atoms with Crippen molar-refractivity contribution in [2.45, 2.75) is 13.2 Å². The maximum Gasteiger partial charge on any atom is 0.248 e. The second kappa shape index (κ2) is 9.60. The number of aromatic nitrogens is 1. The number of nitrogens with zero attached hydrogens (tertiary/aromatic N) is 3. The summed E-state index contributed by atoms with van der Waals surface area (Å²) in [5, 5.41) is 3.95. The van der Waals surface area contributed by atoms with Gasteiger partial charge in [0.05, 0.1) is 6.61 Å². The molecule has 1 amide bonds. The summed E-state index contributed by atoms with van der Waals surface area (Å²) in [5.41, 5.74) is 2.47. The molecule has 2 aliphatic heterocycles. The predicted molar refractivity (Wildman–Crippen MR) is 116 cm³/mol. The number of carbonyl (C=O) groups is 1. The summed E-state index contributed by atoms with van der Waals surface area (Å²) < 4.78 is 34.7. The summed E-state index contributed by atoms with van der Waals surface area (Å²) in [6, 6.07) is 13.7. The molecule has 2 aromatic carbocycles. The molecule has 172 valence electrons. The van der Waals surface area contributed by atoms with Crippen LogP contribution < -0.4 is 9.47 Å². The number of halogens is 1. The van der Waals surface area contributed by atoms with Crippen LogP contribution in [0.2, 0.25) is 0 Å². The van der Waals surface area contributed by atoms with Gasteiger partial charge >= 0.3 is 0 Å². The van der Waals surface area contributed by atoms with Gasteiger partial charge in [-0.15, -0.1) is 0 Å². The Balaban J connectivity index is 1.04. The lowest BCUT2D eigenvalue weighted by Gasteiger charge is -2.34. The highest BCUT2D eigenvalue weighted by atomic mass is 19.1. The van der Waals surface area contributed by atoms with E-state index in [2.05, 4.69) is 10.1 Å². The molecule has 0 radical (unpaired) electrons. The zero-order valence-corrected chi connectivity index (χ0v) is 18.0. The number of ether oxygens (including phenoxy) is 3. The minimum absolute atomic E-state index is 0.0130. The van der Waals surface area contributed by atoms with Crippen LogP contribution in [-0.2, 0) is 22.7 Å². The highest BCUT2D eigenvalue weighted by molar-refractivity contribution is 5.77. The van der Waals surface area contributed by atoms with Crippen LogP contribution in [-0.4, -0.2) is 60.4 Å². The predicted octanol–water partition coefficient (Wildman–Crippen LogP) is 3.07. The van der Waals surface area contributed by atoms with Gasteiger partial charge < -0.3 is 23.6 Å². The Bertz CT molecular complexity index is 1110. The molecule has 0 atom stereocenters. The van der Waals surface area contributed by atoms with Crippen molar-refractivity contribution in [2.24, 2.45) is 0 Å². The Morgan fingerprint density at radius 2 is 1.79 bits per heavy atom. The van der Waals surface area contributed by atoms with Crippen molar-refractivity contribution >= 4 is 5.91 Å². The summed E-state index contributed by atoms with van der Waals surface area (Å²) in [6.07, 6.45) is 0. The van der Waals surface area contributed by atoms with E-state index < -0.39 is 0 Å². The fourth-order valence-electron chi connectivity index (χ4n) is 3.92. The summed E-state index contributed by atoms with van der Waals surface area (Å²) in [6.45, 7) is 4.14. The number of rotatable bonds is 7. The number of piperazine rings is 1. The van der Waals surface area contributed by atoms with Crippen LogP contribution in [0.5, 0.6) is 11.5 Å². The average molecular weight is 453 g/mol. The minimum Gasteiger partial charge on any atom is -0.454 e. The van der Waals surface area contributed by atoms with Gasteiger partial charge in [0.15, 0.2) is 17.3 Å². The van der Waals surface area contributed by atoms with Crippen LogP contribution in [0.1, 0.15) is 11.3 Å². The first kappa shape index (κ1) is 21.4. The fraction of sp³-hybridized carbons (Fsp3) is 0.333. The van der Waals surface area contributed by atoms with E-state index >= 15 is 0 Å². The molecule has 0 aliphatic carbocycles. The molecular weight excluding hydrogens is 429 g/mol. The summed E-state index contributed by atoms with van der Waals surface area (Å²) >= 11 is 0. The van der Waals surface area contributed by atoms with Crippen molar-refractivity contribution < 1.29 is 27.9 Å². The van der Waals surface area contributed by atoms with Crippen LogP contribution in [0.25, 0.3) is 11.3 Å². The maximum absolute atomic E-state index is 13.1. The number of carbonyl (C=O) groups excluding carboxylic acids is 1. The third kappa shape index (κ3) is 5.15. The van der Waals surface area contributed by atoms with Crippen molar-refractivity contribution in [3.63, 3.8) is 0 Å². The third-order valence-electron chi connectivity index (χ3n) is 5.73. The molecule has 33 heavy (non-hydrogen) atoms. The first-order valence-electron chi connectivity index (χ1n) is 10.8. The topological polar surface area (TPSA) is 77.3 Å². The van der Waals surface area contributed by atoms with Crippen LogP contribution in [0.4, 0.5) is 4.39 Å². The van der Waals surface area contributed by atoms with Gasteiger partial charge in [0, 0.05) is 44.4 Å². The van der Waals surface area contributed by atoms with Crippen molar-refractivity contribution in [1.29, 1.82) is 0 Å². The van der Waals surface area contributed by atoms with Crippen molar-refractivity contribution in [3.05, 3.63) is 65.6 Å². The maximum atomic E-state index is 13.1. The number of amides is 1. The van der Waals surface area contributed by atoms with Crippen molar-refractivity contribution in [1.82, 2.24) is 15.0 Å². The molecule has 2 aliphatic rings. The molecule has 0 spiro atoms. The Kier molecular flexibility index (Phi) is 6.23. The standard InChI is InChI=1S/C24H24FN3O5/c25-19-4-2-18(3-5-19)22-12-20(26-33-22)14-30-15-24(29)28-9-7-27(8-10-28)13-17-1-6-21-23(11-17)32-16-31-21/h1-6,11-12H,7-10,13-16H2. The Hall–Kier alpha value is -3.43. The second-order valence-electron chi connectivity index (χ2n) is 8.03. The van der Waals surface area contributed by atoms with Crippen molar-refractivity contribution in [3.8, 4) is 22.8 Å². The molecule has 3 aromatic rings. The van der Waals surface area contributed by atoms with Crippen LogP contribution in [0, 0.1) is 5.82 Å². The number of hydrogen-bond acceptors (Lipinski definition) is 7. The highest BCUT2D eigenvalue weighted by Crippen LogP contribution is 2.32. The lowest BCUT2D eigenvalue weighted by molar-refractivity contribution is -0.138. The quantitative estimate of drug-likeness (QED) is 0.544. The molecule has 9 heteroatoms. The zero-order valence-electron chi connectivity index (χ0n) is 18.0. The molecular formula is C24H24FN3O5. The molecule has 0 N–H and O–H groups in total. The molecule has 5 rings (SSSR count). The summed E-state index contributed by atoms with van der Waals surface area (Å²) in [7, 11) is 0. The third-order valence-corrected chi connectivity index (χ3v) is 5.73. The molecule has 8 nitrogen and oxygen atoms in total. The van der Waals surface area contributed by atoms with Crippen molar-refractivity contribution in [2.75, 3.05) is 39.6 Å². The van der Waals surface area contributed by atoms with E-state index in [1.165, 1.54) is 12.1 Å². The largest absolute Gasteiger partial charge is 0.454 e. The molecule has 1 aromatic heterocycles. The van der Waals surface area contributed by atoms with Crippen LogP contribution in [0.3, 0.4) is 0 Å². The van der Waals surface area contributed by atoms with Gasteiger partial charge in [-0.2, -0.15) is 0 Å². The molecule has 0 bridgehead atoms. The number of fused-ring (bicyclic) bond motifs is 1. The smallest absolute Gasteiger partial charge is 0.248 e. The fourth-order valence-corrected chi connectivity index (χ4v) is 3.92. The van der Waals surface area contributed by atoms with Crippen LogP contribution >= 0.6 is 0 Å². The SMILES string of the molecule is O=C(COCc1cc(-c2ccc(F)cc2)on1)N1CCN(Cc2ccc3c(c2)OCO3)CC1. The Morgan fingerprint density at radius 1 is 1.00 bits per heavy atom. The van der Waals surface area contributed by atoms with E-state index in [0.29, 0.717) is 24.5 Å². The molecule has 1 saturated heterocycles.